The molecule has 8 aromatic rings. The molecule has 238 valence electrons. The van der Waals surface area contributed by atoms with Crippen LogP contribution in [0.1, 0.15) is 25.0 Å². The first kappa shape index (κ1) is 29.9. The van der Waals surface area contributed by atoms with E-state index in [9.17, 15) is 0 Å². The first-order valence-electron chi connectivity index (χ1n) is 17.4. The molecule has 0 unspecified atom stereocenters. The van der Waals surface area contributed by atoms with Crippen LogP contribution in [0.15, 0.2) is 188 Å². The van der Waals surface area contributed by atoms with Crippen LogP contribution in [0.4, 0.5) is 17.1 Å². The summed E-state index contributed by atoms with van der Waals surface area (Å²) in [5, 5.41) is 2.65. The summed E-state index contributed by atoms with van der Waals surface area (Å²) in [6.45, 7) is 4.78. The summed E-state index contributed by atoms with van der Waals surface area (Å²) in [6.07, 6.45) is 0. The Morgan fingerprint density at radius 1 is 0.360 bits per heavy atom. The van der Waals surface area contributed by atoms with Crippen LogP contribution in [0.5, 0.6) is 0 Å². The van der Waals surface area contributed by atoms with Crippen LogP contribution in [0.25, 0.3) is 55.3 Å². The second-order valence-corrected chi connectivity index (χ2v) is 13.7. The van der Waals surface area contributed by atoms with Gasteiger partial charge in [-0.2, -0.15) is 0 Å². The first-order valence-corrected chi connectivity index (χ1v) is 17.4. The molecule has 50 heavy (non-hydrogen) atoms. The molecule has 0 fully saturated rings. The van der Waals surface area contributed by atoms with Crippen molar-refractivity contribution in [1.82, 2.24) is 0 Å². The van der Waals surface area contributed by atoms with Gasteiger partial charge >= 0.3 is 0 Å². The highest BCUT2D eigenvalue weighted by Crippen LogP contribution is 2.54. The quantitative estimate of drug-likeness (QED) is 0.175. The maximum Gasteiger partial charge on any atom is 0.0462 e. The van der Waals surface area contributed by atoms with E-state index in [4.69, 9.17) is 0 Å². The van der Waals surface area contributed by atoms with Crippen molar-refractivity contribution in [3.63, 3.8) is 0 Å². The Morgan fingerprint density at radius 3 is 1.52 bits per heavy atom. The Kier molecular flexibility index (Phi) is 7.21. The number of hydrogen-bond donors (Lipinski definition) is 0. The van der Waals surface area contributed by atoms with E-state index in [0.717, 1.165) is 17.1 Å². The Bertz CT molecular complexity index is 2460. The zero-order valence-electron chi connectivity index (χ0n) is 28.3. The SMILES string of the molecule is CC1(C)c2c(-c3ccccc3)cccc2-c2c(-c3ccc(N(c4ccccc4)c4ccc(-c5ccccc5)cc4)cc3)ccc3cccc1c23. The minimum atomic E-state index is -0.164. The summed E-state index contributed by atoms with van der Waals surface area (Å²) < 4.78 is 0. The van der Waals surface area contributed by atoms with Crippen LogP contribution in [0, 0.1) is 0 Å². The third-order valence-corrected chi connectivity index (χ3v) is 10.4. The molecule has 0 saturated heterocycles. The van der Waals surface area contributed by atoms with Crippen LogP contribution >= 0.6 is 0 Å². The predicted octanol–water partition coefficient (Wildman–Crippen LogP) is 13.6. The fourth-order valence-electron chi connectivity index (χ4n) is 8.10. The largest absolute Gasteiger partial charge is 0.311 e. The van der Waals surface area contributed by atoms with Gasteiger partial charge in [0, 0.05) is 22.5 Å². The maximum atomic E-state index is 2.39. The smallest absolute Gasteiger partial charge is 0.0462 e. The molecule has 0 amide bonds. The molecular weight excluding hydrogens is 603 g/mol. The van der Waals surface area contributed by atoms with Crippen LogP contribution in [0.2, 0.25) is 0 Å². The molecule has 0 saturated carbocycles. The van der Waals surface area contributed by atoms with Gasteiger partial charge in [-0.15, -0.1) is 0 Å². The van der Waals surface area contributed by atoms with Gasteiger partial charge in [-0.1, -0.05) is 166 Å². The third kappa shape index (κ3) is 4.94. The lowest BCUT2D eigenvalue weighted by molar-refractivity contribution is 0.647. The number of rotatable bonds is 6. The Morgan fingerprint density at radius 2 is 0.860 bits per heavy atom. The molecule has 0 N–H and O–H groups in total. The van der Waals surface area contributed by atoms with Crippen molar-refractivity contribution in [3.8, 4) is 44.5 Å². The lowest BCUT2D eigenvalue weighted by Gasteiger charge is -2.38. The van der Waals surface area contributed by atoms with Crippen molar-refractivity contribution in [2.75, 3.05) is 4.90 Å². The number of nitrogens with zero attached hydrogens (tertiary/aromatic N) is 1. The predicted molar refractivity (Wildman–Crippen MR) is 213 cm³/mol. The van der Waals surface area contributed by atoms with Gasteiger partial charge in [0.05, 0.1) is 0 Å². The Balaban J connectivity index is 1.18. The van der Waals surface area contributed by atoms with Crippen molar-refractivity contribution >= 4 is 27.8 Å². The van der Waals surface area contributed by atoms with Gasteiger partial charge in [0.2, 0.25) is 0 Å². The van der Waals surface area contributed by atoms with E-state index in [2.05, 4.69) is 207 Å². The third-order valence-electron chi connectivity index (χ3n) is 10.4. The molecule has 0 bridgehead atoms. The average molecular weight is 640 g/mol. The van der Waals surface area contributed by atoms with Crippen molar-refractivity contribution in [3.05, 3.63) is 199 Å². The summed E-state index contributed by atoms with van der Waals surface area (Å²) in [6, 6.07) is 68.4. The molecule has 1 nitrogen and oxygen atoms in total. The second kappa shape index (κ2) is 12.1. The number of hydrogen-bond acceptors (Lipinski definition) is 1. The molecule has 1 aliphatic rings. The van der Waals surface area contributed by atoms with Gasteiger partial charge < -0.3 is 4.90 Å². The van der Waals surface area contributed by atoms with E-state index in [0.29, 0.717) is 0 Å². The van der Waals surface area contributed by atoms with E-state index in [1.54, 1.807) is 0 Å². The molecule has 0 aromatic heterocycles. The van der Waals surface area contributed by atoms with E-state index in [1.165, 1.54) is 66.4 Å². The molecule has 0 aliphatic heterocycles. The van der Waals surface area contributed by atoms with Crippen molar-refractivity contribution in [2.45, 2.75) is 19.3 Å². The fourth-order valence-corrected chi connectivity index (χ4v) is 8.10. The van der Waals surface area contributed by atoms with E-state index >= 15 is 0 Å². The molecule has 9 rings (SSSR count). The zero-order valence-corrected chi connectivity index (χ0v) is 28.3. The molecule has 0 radical (unpaired) electrons. The van der Waals surface area contributed by atoms with Gasteiger partial charge in [-0.3, -0.25) is 0 Å². The second-order valence-electron chi connectivity index (χ2n) is 13.7. The normalized spacial score (nSPS) is 12.8. The van der Waals surface area contributed by atoms with Gasteiger partial charge in [0.25, 0.3) is 0 Å². The van der Waals surface area contributed by atoms with Crippen molar-refractivity contribution in [2.24, 2.45) is 0 Å². The number of fused-ring (bicyclic) bond motifs is 2. The van der Waals surface area contributed by atoms with E-state index in [1.807, 2.05) is 0 Å². The summed E-state index contributed by atoms with van der Waals surface area (Å²) in [5.74, 6) is 0. The van der Waals surface area contributed by atoms with Crippen LogP contribution in [-0.4, -0.2) is 0 Å². The number of benzene rings is 8. The topological polar surface area (TPSA) is 3.24 Å². The van der Waals surface area contributed by atoms with Gasteiger partial charge in [0.15, 0.2) is 0 Å². The molecule has 0 spiro atoms. The molecule has 0 heterocycles. The summed E-state index contributed by atoms with van der Waals surface area (Å²) in [4.78, 5) is 2.34. The van der Waals surface area contributed by atoms with Crippen LogP contribution in [-0.2, 0) is 5.41 Å². The zero-order chi connectivity index (χ0) is 33.7. The van der Waals surface area contributed by atoms with Gasteiger partial charge in [0.1, 0.15) is 0 Å². The number of para-hydroxylation sites is 1. The van der Waals surface area contributed by atoms with Crippen molar-refractivity contribution in [1.29, 1.82) is 0 Å². The molecule has 1 heteroatoms. The highest BCUT2D eigenvalue weighted by molar-refractivity contribution is 6.10. The monoisotopic (exact) mass is 639 g/mol. The molecule has 0 atom stereocenters. The highest BCUT2D eigenvalue weighted by atomic mass is 15.1. The Labute approximate surface area is 294 Å². The maximum absolute atomic E-state index is 2.39. The van der Waals surface area contributed by atoms with Gasteiger partial charge in [-0.25, -0.2) is 0 Å². The lowest BCUT2D eigenvalue weighted by atomic mass is 9.65. The fraction of sp³-hybridized carbons (Fsp3) is 0.0612. The molecule has 1 aliphatic carbocycles. The summed E-state index contributed by atoms with van der Waals surface area (Å²) in [7, 11) is 0. The summed E-state index contributed by atoms with van der Waals surface area (Å²) >= 11 is 0. The Hall–Kier alpha value is -6.18. The van der Waals surface area contributed by atoms with Crippen LogP contribution < -0.4 is 4.90 Å². The van der Waals surface area contributed by atoms with Gasteiger partial charge in [-0.05, 0) is 103 Å². The minimum Gasteiger partial charge on any atom is -0.311 e. The van der Waals surface area contributed by atoms with Crippen LogP contribution in [0.3, 0.4) is 0 Å². The average Bonchev–Trinajstić information content (AvgIpc) is 3.18. The number of anilines is 3. The molecule has 8 aromatic carbocycles. The van der Waals surface area contributed by atoms with E-state index in [-0.39, 0.29) is 5.41 Å². The van der Waals surface area contributed by atoms with Crippen molar-refractivity contribution < 1.29 is 0 Å². The highest BCUT2D eigenvalue weighted by Gasteiger charge is 2.36. The summed E-state index contributed by atoms with van der Waals surface area (Å²) in [5.41, 5.74) is 16.1. The van der Waals surface area contributed by atoms with E-state index < -0.39 is 0 Å². The first-order chi connectivity index (χ1) is 24.6. The lowest BCUT2D eigenvalue weighted by Crippen LogP contribution is -2.25. The standard InChI is InChI=1S/C49H37N/c1-49(2)45-23-12-18-38-28-33-42(47(46(38)45)44-22-13-21-43(48(44)49)36-16-8-4-9-17-36)37-26-31-41(32-27-37)50(39-19-10-5-11-20-39)40-29-24-35(25-30-40)34-14-6-3-7-15-34/h3-33H,1-2H3. The minimum absolute atomic E-state index is 0.164. The molecular formula is C49H37N.